The Labute approximate surface area is 82.6 Å². The van der Waals surface area contributed by atoms with Gasteiger partial charge in [-0.25, -0.2) is 0 Å². The standard InChI is InChI=1S/C9H15N3O2/c1-6(10)8-11-9(14-12-8)7-3-2-4-13-5-7/h6-7H,2-5,10H2,1H3. The van der Waals surface area contributed by atoms with Crippen LogP contribution in [0, 0.1) is 0 Å². The van der Waals surface area contributed by atoms with Gasteiger partial charge in [-0.05, 0) is 19.8 Å². The Morgan fingerprint density at radius 2 is 2.43 bits per heavy atom. The number of rotatable bonds is 2. The minimum atomic E-state index is -0.169. The SMILES string of the molecule is CC(N)c1noc(C2CCCOC2)n1. The van der Waals surface area contributed by atoms with Gasteiger partial charge in [0.05, 0.1) is 18.6 Å². The number of ether oxygens (including phenoxy) is 1. The molecule has 2 heterocycles. The van der Waals surface area contributed by atoms with Crippen molar-refractivity contribution in [3.8, 4) is 0 Å². The minimum absolute atomic E-state index is 0.169. The van der Waals surface area contributed by atoms with Gasteiger partial charge in [0.2, 0.25) is 5.89 Å². The first-order valence-electron chi connectivity index (χ1n) is 4.94. The second kappa shape index (κ2) is 4.06. The van der Waals surface area contributed by atoms with E-state index in [1.807, 2.05) is 6.92 Å². The van der Waals surface area contributed by atoms with Crippen LogP contribution < -0.4 is 5.73 Å². The Hall–Kier alpha value is -0.940. The Morgan fingerprint density at radius 1 is 1.57 bits per heavy atom. The van der Waals surface area contributed by atoms with Gasteiger partial charge in [0, 0.05) is 6.61 Å². The van der Waals surface area contributed by atoms with E-state index in [0.717, 1.165) is 19.4 Å². The highest BCUT2D eigenvalue weighted by atomic mass is 16.5. The second-order valence-corrected chi connectivity index (χ2v) is 3.69. The summed E-state index contributed by atoms with van der Waals surface area (Å²) >= 11 is 0. The van der Waals surface area contributed by atoms with Gasteiger partial charge < -0.3 is 15.0 Å². The fourth-order valence-corrected chi connectivity index (χ4v) is 1.53. The van der Waals surface area contributed by atoms with Crippen molar-refractivity contribution >= 4 is 0 Å². The zero-order valence-corrected chi connectivity index (χ0v) is 8.27. The van der Waals surface area contributed by atoms with Crippen LogP contribution in [0.1, 0.15) is 43.4 Å². The third kappa shape index (κ3) is 1.93. The highest BCUT2D eigenvalue weighted by Gasteiger charge is 2.22. The number of hydrogen-bond donors (Lipinski definition) is 1. The van der Waals surface area contributed by atoms with E-state index in [1.165, 1.54) is 0 Å². The monoisotopic (exact) mass is 197 g/mol. The van der Waals surface area contributed by atoms with Crippen LogP contribution in [0.2, 0.25) is 0 Å². The molecule has 5 heteroatoms. The van der Waals surface area contributed by atoms with E-state index < -0.39 is 0 Å². The Morgan fingerprint density at radius 3 is 3.00 bits per heavy atom. The van der Waals surface area contributed by atoms with Crippen LogP contribution in [0.15, 0.2) is 4.52 Å². The van der Waals surface area contributed by atoms with Crippen LogP contribution in [0.3, 0.4) is 0 Å². The quantitative estimate of drug-likeness (QED) is 0.765. The van der Waals surface area contributed by atoms with E-state index in [0.29, 0.717) is 18.3 Å². The molecule has 1 aliphatic rings. The first-order chi connectivity index (χ1) is 6.77. The van der Waals surface area contributed by atoms with Gasteiger partial charge in [0.15, 0.2) is 5.82 Å². The van der Waals surface area contributed by atoms with Crippen LogP contribution in [0.25, 0.3) is 0 Å². The minimum Gasteiger partial charge on any atom is -0.381 e. The molecular formula is C9H15N3O2. The summed E-state index contributed by atoms with van der Waals surface area (Å²) in [5.74, 6) is 1.49. The van der Waals surface area contributed by atoms with Gasteiger partial charge in [0.25, 0.3) is 0 Å². The summed E-state index contributed by atoms with van der Waals surface area (Å²) in [6.45, 7) is 3.36. The molecule has 14 heavy (non-hydrogen) atoms. The van der Waals surface area contributed by atoms with Crippen LogP contribution >= 0.6 is 0 Å². The summed E-state index contributed by atoms with van der Waals surface area (Å²) in [7, 11) is 0. The van der Waals surface area contributed by atoms with Crippen molar-refractivity contribution in [2.24, 2.45) is 5.73 Å². The van der Waals surface area contributed by atoms with E-state index in [2.05, 4.69) is 10.1 Å². The molecule has 0 aliphatic carbocycles. The highest BCUT2D eigenvalue weighted by molar-refractivity contribution is 4.97. The van der Waals surface area contributed by atoms with Gasteiger partial charge in [0.1, 0.15) is 0 Å². The van der Waals surface area contributed by atoms with E-state index in [9.17, 15) is 0 Å². The maximum atomic E-state index is 5.64. The molecule has 0 radical (unpaired) electrons. The van der Waals surface area contributed by atoms with Gasteiger partial charge in [-0.1, -0.05) is 5.16 Å². The molecule has 1 saturated heterocycles. The van der Waals surface area contributed by atoms with Crippen LogP contribution in [0.5, 0.6) is 0 Å². The van der Waals surface area contributed by atoms with Gasteiger partial charge >= 0.3 is 0 Å². The van der Waals surface area contributed by atoms with Crippen molar-refractivity contribution in [2.75, 3.05) is 13.2 Å². The molecule has 2 rings (SSSR count). The van der Waals surface area contributed by atoms with Gasteiger partial charge in [-0.15, -0.1) is 0 Å². The van der Waals surface area contributed by atoms with Crippen LogP contribution in [0.4, 0.5) is 0 Å². The smallest absolute Gasteiger partial charge is 0.232 e. The lowest BCUT2D eigenvalue weighted by Gasteiger charge is -2.18. The molecule has 1 aromatic rings. The Bertz CT molecular complexity index is 292. The molecule has 0 amide bonds. The van der Waals surface area contributed by atoms with Crippen LogP contribution in [-0.4, -0.2) is 23.4 Å². The summed E-state index contributed by atoms with van der Waals surface area (Å²) in [6, 6.07) is -0.169. The molecule has 78 valence electrons. The zero-order chi connectivity index (χ0) is 9.97. The number of nitrogens with zero attached hydrogens (tertiary/aromatic N) is 2. The largest absolute Gasteiger partial charge is 0.381 e. The lowest BCUT2D eigenvalue weighted by Crippen LogP contribution is -2.16. The summed E-state index contributed by atoms with van der Waals surface area (Å²) in [5.41, 5.74) is 5.64. The van der Waals surface area contributed by atoms with Crippen molar-refractivity contribution in [1.29, 1.82) is 0 Å². The maximum absolute atomic E-state index is 5.64. The fraction of sp³-hybridized carbons (Fsp3) is 0.778. The third-order valence-electron chi connectivity index (χ3n) is 2.37. The predicted octanol–water partition coefficient (Wildman–Crippen LogP) is 0.983. The fourth-order valence-electron chi connectivity index (χ4n) is 1.53. The normalized spacial score (nSPS) is 24.9. The topological polar surface area (TPSA) is 74.2 Å². The van der Waals surface area contributed by atoms with E-state index in [-0.39, 0.29) is 12.0 Å². The maximum Gasteiger partial charge on any atom is 0.232 e. The lowest BCUT2D eigenvalue weighted by molar-refractivity contribution is 0.0705. The first-order valence-corrected chi connectivity index (χ1v) is 4.94. The highest BCUT2D eigenvalue weighted by Crippen LogP contribution is 2.24. The average molecular weight is 197 g/mol. The molecule has 5 nitrogen and oxygen atoms in total. The molecule has 2 N–H and O–H groups in total. The number of aromatic nitrogens is 2. The lowest BCUT2D eigenvalue weighted by atomic mass is 10.0. The molecule has 1 aromatic heterocycles. The van der Waals surface area contributed by atoms with Gasteiger partial charge in [-0.2, -0.15) is 4.98 Å². The average Bonchev–Trinajstić information content (AvgIpc) is 2.68. The molecule has 0 aromatic carbocycles. The molecule has 1 aliphatic heterocycles. The molecule has 2 atom stereocenters. The number of hydrogen-bond acceptors (Lipinski definition) is 5. The third-order valence-corrected chi connectivity index (χ3v) is 2.37. The van der Waals surface area contributed by atoms with E-state index in [1.54, 1.807) is 0 Å². The van der Waals surface area contributed by atoms with Crippen molar-refractivity contribution in [3.63, 3.8) is 0 Å². The summed E-state index contributed by atoms with van der Waals surface area (Å²) < 4.78 is 10.5. The summed E-state index contributed by atoms with van der Waals surface area (Å²) in [6.07, 6.45) is 2.11. The van der Waals surface area contributed by atoms with Crippen molar-refractivity contribution in [2.45, 2.75) is 31.7 Å². The Balaban J connectivity index is 2.07. The summed E-state index contributed by atoms with van der Waals surface area (Å²) in [4.78, 5) is 4.25. The first kappa shape index (κ1) is 9.61. The molecular weight excluding hydrogens is 182 g/mol. The van der Waals surface area contributed by atoms with Crippen molar-refractivity contribution < 1.29 is 9.26 Å². The second-order valence-electron chi connectivity index (χ2n) is 3.69. The number of nitrogens with two attached hydrogens (primary N) is 1. The molecule has 0 spiro atoms. The molecule has 2 unspecified atom stereocenters. The Kier molecular flexibility index (Phi) is 2.79. The van der Waals surface area contributed by atoms with E-state index in [4.69, 9.17) is 15.0 Å². The molecule has 0 bridgehead atoms. The van der Waals surface area contributed by atoms with Gasteiger partial charge in [-0.3, -0.25) is 0 Å². The van der Waals surface area contributed by atoms with E-state index >= 15 is 0 Å². The van der Waals surface area contributed by atoms with Crippen molar-refractivity contribution in [3.05, 3.63) is 11.7 Å². The molecule has 0 saturated carbocycles. The zero-order valence-electron chi connectivity index (χ0n) is 8.27. The van der Waals surface area contributed by atoms with Crippen LogP contribution in [-0.2, 0) is 4.74 Å². The predicted molar refractivity (Wildman–Crippen MR) is 49.7 cm³/mol. The summed E-state index contributed by atoms with van der Waals surface area (Å²) in [5, 5.41) is 3.82. The molecule has 1 fully saturated rings. The van der Waals surface area contributed by atoms with Crippen molar-refractivity contribution in [1.82, 2.24) is 10.1 Å².